The van der Waals surface area contributed by atoms with Crippen molar-refractivity contribution >= 4 is 56.8 Å². The third-order valence-corrected chi connectivity index (χ3v) is 9.90. The van der Waals surface area contributed by atoms with Crippen LogP contribution < -0.4 is 14.4 Å². The van der Waals surface area contributed by atoms with E-state index in [2.05, 4.69) is 41.4 Å². The van der Waals surface area contributed by atoms with Crippen molar-refractivity contribution in [2.45, 2.75) is 35.9 Å². The summed E-state index contributed by atoms with van der Waals surface area (Å²) in [5.41, 5.74) is 2.47. The van der Waals surface area contributed by atoms with E-state index in [0.717, 1.165) is 29.4 Å². The number of methoxy groups -OCH3 is 1. The quantitative estimate of drug-likeness (QED) is 0.0581. The van der Waals surface area contributed by atoms with Crippen LogP contribution in [-0.2, 0) is 15.3 Å². The highest BCUT2D eigenvalue weighted by Crippen LogP contribution is 2.45. The van der Waals surface area contributed by atoms with Crippen molar-refractivity contribution in [2.75, 3.05) is 18.6 Å². The molecule has 1 aliphatic rings. The molecule has 1 aromatic heterocycles. The van der Waals surface area contributed by atoms with Gasteiger partial charge >= 0.3 is 0 Å². The van der Waals surface area contributed by atoms with Crippen molar-refractivity contribution in [3.8, 4) is 11.5 Å². The number of benzene rings is 4. The lowest BCUT2D eigenvalue weighted by atomic mass is 9.95. The van der Waals surface area contributed by atoms with Gasteiger partial charge in [0.25, 0.3) is 5.91 Å². The highest BCUT2D eigenvalue weighted by atomic mass is 32.2. The molecule has 0 spiro atoms. The summed E-state index contributed by atoms with van der Waals surface area (Å²) in [6.45, 7) is 2.61. The third-order valence-electron chi connectivity index (χ3n) is 7.79. The molecule has 0 saturated heterocycles. The van der Waals surface area contributed by atoms with Gasteiger partial charge in [-0.2, -0.15) is 0 Å². The minimum Gasteiger partial charge on any atom is -0.503 e. The topological polar surface area (TPSA) is 102 Å². The van der Waals surface area contributed by atoms with Crippen molar-refractivity contribution in [2.24, 2.45) is 0 Å². The van der Waals surface area contributed by atoms with Gasteiger partial charge in [0, 0.05) is 5.75 Å². The molecule has 0 radical (unpaired) electrons. The molecule has 1 amide bonds. The molecule has 238 valence electrons. The number of hydrogen-bond acceptors (Lipinski definition) is 9. The first-order valence-corrected chi connectivity index (χ1v) is 17.1. The van der Waals surface area contributed by atoms with Crippen molar-refractivity contribution in [3.05, 3.63) is 125 Å². The molecule has 0 aliphatic carbocycles. The zero-order chi connectivity index (χ0) is 32.8. The van der Waals surface area contributed by atoms with Crippen molar-refractivity contribution < 1.29 is 24.2 Å². The van der Waals surface area contributed by atoms with Crippen LogP contribution in [0, 0.1) is 0 Å². The number of fused-ring (bicyclic) bond motifs is 1. The summed E-state index contributed by atoms with van der Waals surface area (Å²) >= 11 is 2.75. The molecule has 47 heavy (non-hydrogen) atoms. The number of nitrogens with zero attached hydrogens (tertiary/aromatic N) is 3. The van der Waals surface area contributed by atoms with Gasteiger partial charge in [-0.15, -0.1) is 10.2 Å². The predicted molar refractivity (Wildman–Crippen MR) is 187 cm³/mol. The van der Waals surface area contributed by atoms with E-state index in [0.29, 0.717) is 33.8 Å². The van der Waals surface area contributed by atoms with Gasteiger partial charge in [-0.25, -0.2) is 0 Å². The lowest BCUT2D eigenvalue weighted by molar-refractivity contribution is -0.117. The lowest BCUT2D eigenvalue weighted by Crippen LogP contribution is -2.30. The Morgan fingerprint density at radius 2 is 1.79 bits per heavy atom. The maximum Gasteiger partial charge on any atom is 0.296 e. The molecule has 0 fully saturated rings. The first-order valence-electron chi connectivity index (χ1n) is 15.3. The number of rotatable bonds is 13. The number of hydrogen-bond donors (Lipinski definition) is 1. The Bertz CT molecular complexity index is 1970. The molecule has 0 saturated carbocycles. The zero-order valence-electron chi connectivity index (χ0n) is 26.0. The number of aromatic nitrogens is 2. The summed E-state index contributed by atoms with van der Waals surface area (Å²) in [6.07, 6.45) is 4.90. The summed E-state index contributed by atoms with van der Waals surface area (Å²) in [4.78, 5) is 28.8. The number of aliphatic hydroxyl groups excluding tert-OH is 1. The van der Waals surface area contributed by atoms with E-state index in [-0.39, 0.29) is 10.7 Å². The number of thioether (sulfide) groups is 1. The van der Waals surface area contributed by atoms with Crippen LogP contribution in [0.5, 0.6) is 11.5 Å². The van der Waals surface area contributed by atoms with E-state index in [4.69, 9.17) is 9.47 Å². The van der Waals surface area contributed by atoms with Gasteiger partial charge in [-0.05, 0) is 52.1 Å². The van der Waals surface area contributed by atoms with Crippen LogP contribution in [0.2, 0.25) is 0 Å². The molecule has 1 atom stereocenters. The van der Waals surface area contributed by atoms with Crippen LogP contribution in [0.15, 0.2) is 113 Å². The first kappa shape index (κ1) is 32.0. The fourth-order valence-electron chi connectivity index (χ4n) is 5.41. The Kier molecular flexibility index (Phi) is 9.99. The van der Waals surface area contributed by atoms with Crippen LogP contribution in [0.25, 0.3) is 16.8 Å². The maximum absolute atomic E-state index is 13.7. The van der Waals surface area contributed by atoms with Gasteiger partial charge in [0.2, 0.25) is 5.13 Å². The Morgan fingerprint density at radius 3 is 2.60 bits per heavy atom. The summed E-state index contributed by atoms with van der Waals surface area (Å²) in [6, 6.07) is 28.1. The minimum atomic E-state index is -0.974. The second kappa shape index (κ2) is 14.7. The number of ketones is 1. The predicted octanol–water partition coefficient (Wildman–Crippen LogP) is 8.35. The summed E-state index contributed by atoms with van der Waals surface area (Å²) in [5, 5.41) is 22.5. The fourth-order valence-corrected chi connectivity index (χ4v) is 7.28. The van der Waals surface area contributed by atoms with Gasteiger partial charge in [0.05, 0.1) is 25.3 Å². The Hall–Kier alpha value is -4.93. The summed E-state index contributed by atoms with van der Waals surface area (Å²) in [5.74, 6) is -0.192. The SMILES string of the molecule is CCCCOc1ccc(C2C(C(=O)/C=C/c3ccccc3)=C(O)C(=O)N2c2nnc(SCc3cccc4ccccc34)s2)cc1OC. The van der Waals surface area contributed by atoms with Crippen LogP contribution in [0.3, 0.4) is 0 Å². The van der Waals surface area contributed by atoms with E-state index in [1.54, 1.807) is 24.3 Å². The Labute approximate surface area is 281 Å². The molecular formula is C37H33N3O5S2. The normalized spacial score (nSPS) is 14.8. The molecule has 5 aromatic rings. The highest BCUT2D eigenvalue weighted by molar-refractivity contribution is 8.00. The van der Waals surface area contributed by atoms with Gasteiger partial charge < -0.3 is 14.6 Å². The molecule has 6 rings (SSSR count). The molecule has 0 bridgehead atoms. The molecule has 2 heterocycles. The third kappa shape index (κ3) is 6.94. The molecule has 8 nitrogen and oxygen atoms in total. The average molecular weight is 664 g/mol. The van der Waals surface area contributed by atoms with E-state index in [1.807, 2.05) is 48.5 Å². The number of carbonyl (C=O) groups excluding carboxylic acids is 2. The van der Waals surface area contributed by atoms with Crippen LogP contribution in [0.1, 0.15) is 42.5 Å². The van der Waals surface area contributed by atoms with E-state index < -0.39 is 23.5 Å². The molecule has 4 aromatic carbocycles. The van der Waals surface area contributed by atoms with Crippen molar-refractivity contribution in [1.29, 1.82) is 0 Å². The number of amides is 1. The Morgan fingerprint density at radius 1 is 1.00 bits per heavy atom. The Balaban J connectivity index is 1.33. The molecule has 1 unspecified atom stereocenters. The number of carbonyl (C=O) groups is 2. The number of allylic oxidation sites excluding steroid dienone is 1. The highest BCUT2D eigenvalue weighted by Gasteiger charge is 2.45. The van der Waals surface area contributed by atoms with Crippen LogP contribution in [-0.4, -0.2) is 40.7 Å². The van der Waals surface area contributed by atoms with Crippen molar-refractivity contribution in [3.63, 3.8) is 0 Å². The van der Waals surface area contributed by atoms with Crippen molar-refractivity contribution in [1.82, 2.24) is 10.2 Å². The summed E-state index contributed by atoms with van der Waals surface area (Å²) in [7, 11) is 1.54. The first-order chi connectivity index (χ1) is 23.0. The number of aliphatic hydroxyl groups is 1. The zero-order valence-corrected chi connectivity index (χ0v) is 27.6. The van der Waals surface area contributed by atoms with Crippen LogP contribution >= 0.6 is 23.1 Å². The van der Waals surface area contributed by atoms with Gasteiger partial charge in [0.15, 0.2) is 27.4 Å². The maximum atomic E-state index is 13.7. The second-order valence-electron chi connectivity index (χ2n) is 10.8. The lowest BCUT2D eigenvalue weighted by Gasteiger charge is -2.24. The number of unbranched alkanes of at least 4 members (excludes halogenated alkanes) is 1. The van der Waals surface area contributed by atoms with Gasteiger partial charge in [-0.1, -0.05) is 121 Å². The van der Waals surface area contributed by atoms with E-state index >= 15 is 0 Å². The molecule has 1 aliphatic heterocycles. The van der Waals surface area contributed by atoms with E-state index in [1.165, 1.54) is 46.6 Å². The average Bonchev–Trinajstić information content (AvgIpc) is 3.68. The molecular weight excluding hydrogens is 631 g/mol. The number of ether oxygens (including phenoxy) is 2. The molecule has 1 N–H and O–H groups in total. The second-order valence-corrected chi connectivity index (χ2v) is 13.0. The largest absolute Gasteiger partial charge is 0.503 e. The van der Waals surface area contributed by atoms with Crippen LogP contribution in [0.4, 0.5) is 5.13 Å². The van der Waals surface area contributed by atoms with Gasteiger partial charge in [0.1, 0.15) is 0 Å². The molecule has 10 heteroatoms. The van der Waals surface area contributed by atoms with Gasteiger partial charge in [-0.3, -0.25) is 14.5 Å². The minimum absolute atomic E-state index is 0.0518. The monoisotopic (exact) mass is 663 g/mol. The summed E-state index contributed by atoms with van der Waals surface area (Å²) < 4.78 is 12.2. The fraction of sp³-hybridized carbons (Fsp3) is 0.189. The van der Waals surface area contributed by atoms with E-state index in [9.17, 15) is 14.7 Å². The number of anilines is 1. The standard InChI is InChI=1S/C37H33N3O5S2/c1-3-4-21-45-30-20-18-26(22-31(30)44-2)33-32(29(41)19-17-24-11-6-5-7-12-24)34(42)35(43)40(33)36-38-39-37(47-36)46-23-27-15-10-14-25-13-8-9-16-28(25)27/h5-20,22,33,42H,3-4,21,23H2,1-2H3/b19-17+. The smallest absolute Gasteiger partial charge is 0.296 e.